The molecule has 208 valence electrons. The van der Waals surface area contributed by atoms with Crippen LogP contribution in [0.4, 0.5) is 14.6 Å². The van der Waals surface area contributed by atoms with E-state index in [1.165, 1.54) is 25.3 Å². The van der Waals surface area contributed by atoms with Gasteiger partial charge in [-0.15, -0.1) is 0 Å². The number of nitrogens with one attached hydrogen (secondary N) is 1. The molecule has 40 heavy (non-hydrogen) atoms. The van der Waals surface area contributed by atoms with Gasteiger partial charge in [0.2, 0.25) is 0 Å². The molecule has 4 heterocycles. The van der Waals surface area contributed by atoms with Crippen molar-refractivity contribution in [3.63, 3.8) is 0 Å². The maximum Gasteiger partial charge on any atom is 0.319 e. The van der Waals surface area contributed by atoms with E-state index < -0.39 is 5.82 Å². The lowest BCUT2D eigenvalue weighted by atomic mass is 9.70. The highest BCUT2D eigenvalue weighted by molar-refractivity contribution is 6.00. The van der Waals surface area contributed by atoms with Crippen molar-refractivity contribution in [1.29, 1.82) is 0 Å². The number of ether oxygens (including phenoxy) is 1. The first-order chi connectivity index (χ1) is 19.4. The van der Waals surface area contributed by atoms with E-state index in [-0.39, 0.29) is 34.0 Å². The molecular weight excluding hydrogens is 508 g/mol. The molecule has 0 atom stereocenters. The van der Waals surface area contributed by atoms with E-state index in [9.17, 15) is 4.39 Å². The van der Waals surface area contributed by atoms with Crippen molar-refractivity contribution in [2.45, 2.75) is 64.3 Å². The molecule has 2 aromatic carbocycles. The average Bonchev–Trinajstić information content (AvgIpc) is 3.52. The minimum Gasteiger partial charge on any atom is -0.461 e. The number of hydrogen-bond donors (Lipinski definition) is 1. The van der Waals surface area contributed by atoms with Gasteiger partial charge in [-0.05, 0) is 86.4 Å². The fourth-order valence-corrected chi connectivity index (χ4v) is 7.07. The second-order valence-electron chi connectivity index (χ2n) is 12.3. The molecule has 0 radical (unpaired) electrons. The second kappa shape index (κ2) is 9.61. The number of hydrogen-bond acceptors (Lipinski definition) is 6. The molecule has 4 aromatic rings. The Balaban J connectivity index is 1.32. The van der Waals surface area contributed by atoms with E-state index in [2.05, 4.69) is 27.1 Å². The van der Waals surface area contributed by atoms with Crippen LogP contribution in [0, 0.1) is 24.0 Å². The normalized spacial score (nSPS) is 19.6. The van der Waals surface area contributed by atoms with Crippen LogP contribution in [0.15, 0.2) is 36.5 Å². The number of rotatable bonds is 7. The van der Waals surface area contributed by atoms with Crippen LogP contribution in [-0.4, -0.2) is 51.6 Å². The minimum absolute atomic E-state index is 0.0256. The monoisotopic (exact) mass is 543 g/mol. The SMILES string of the molecule is Cc1c(F)ccc2cccc(-c3ncc4c(NCC5(C)CCC5)nc(OCC56CCCN5CCC6)nc4c3F)c12. The highest BCUT2D eigenvalue weighted by Gasteiger charge is 2.45. The van der Waals surface area contributed by atoms with Gasteiger partial charge in [0, 0.05) is 18.3 Å². The smallest absolute Gasteiger partial charge is 0.319 e. The Labute approximate surface area is 233 Å². The summed E-state index contributed by atoms with van der Waals surface area (Å²) >= 11 is 0. The van der Waals surface area contributed by atoms with E-state index in [1.807, 2.05) is 12.1 Å². The maximum atomic E-state index is 16.4. The third kappa shape index (κ3) is 4.19. The number of aromatic nitrogens is 3. The maximum absolute atomic E-state index is 16.4. The lowest BCUT2D eigenvalue weighted by Gasteiger charge is -2.38. The van der Waals surface area contributed by atoms with Crippen molar-refractivity contribution in [3.05, 3.63) is 53.7 Å². The van der Waals surface area contributed by atoms with Gasteiger partial charge in [-0.2, -0.15) is 9.97 Å². The third-order valence-corrected chi connectivity index (χ3v) is 9.68. The Morgan fingerprint density at radius 1 is 1.00 bits per heavy atom. The van der Waals surface area contributed by atoms with Gasteiger partial charge in [0.15, 0.2) is 5.82 Å². The molecule has 3 fully saturated rings. The van der Waals surface area contributed by atoms with Gasteiger partial charge in [-0.1, -0.05) is 37.6 Å². The minimum atomic E-state index is -0.555. The highest BCUT2D eigenvalue weighted by atomic mass is 19.1. The molecule has 1 N–H and O–H groups in total. The Kier molecular flexibility index (Phi) is 6.15. The molecule has 0 bridgehead atoms. The standard InChI is InChI=1S/C32H35F2N5O/c1-20-24(33)10-9-21-7-3-8-22(25(20)21)27-26(34)28-23(17-35-27)29(36-18-31(2)11-4-12-31)38-30(37-28)40-19-32-13-5-15-39(32)16-6-14-32/h3,7-10,17H,4-6,11-16,18-19H2,1-2H3,(H,36,37,38). The molecule has 3 aliphatic rings. The van der Waals surface area contributed by atoms with Gasteiger partial charge in [-0.3, -0.25) is 9.88 Å². The predicted octanol–water partition coefficient (Wildman–Crippen LogP) is 7.04. The Morgan fingerprint density at radius 2 is 1.80 bits per heavy atom. The van der Waals surface area contributed by atoms with Crippen molar-refractivity contribution in [1.82, 2.24) is 19.9 Å². The zero-order valence-electron chi connectivity index (χ0n) is 23.2. The number of benzene rings is 2. The molecule has 1 saturated carbocycles. The Morgan fingerprint density at radius 3 is 2.55 bits per heavy atom. The first-order valence-electron chi connectivity index (χ1n) is 14.5. The molecule has 0 spiro atoms. The molecule has 0 amide bonds. The summed E-state index contributed by atoms with van der Waals surface area (Å²) in [7, 11) is 0. The lowest BCUT2D eigenvalue weighted by molar-refractivity contribution is 0.108. The molecule has 2 saturated heterocycles. The van der Waals surface area contributed by atoms with E-state index in [1.54, 1.807) is 25.3 Å². The van der Waals surface area contributed by atoms with Crippen molar-refractivity contribution in [3.8, 4) is 17.3 Å². The first kappa shape index (κ1) is 25.6. The van der Waals surface area contributed by atoms with E-state index >= 15 is 4.39 Å². The number of halogens is 2. The van der Waals surface area contributed by atoms with E-state index in [0.717, 1.165) is 50.7 Å². The molecule has 6 nitrogen and oxygen atoms in total. The zero-order valence-corrected chi connectivity index (χ0v) is 23.2. The van der Waals surface area contributed by atoms with Crippen LogP contribution >= 0.6 is 0 Å². The number of anilines is 1. The zero-order chi connectivity index (χ0) is 27.5. The summed E-state index contributed by atoms with van der Waals surface area (Å²) in [6, 6.07) is 8.86. The molecule has 2 aromatic heterocycles. The van der Waals surface area contributed by atoms with Crippen molar-refractivity contribution in [2.75, 3.05) is 31.6 Å². The molecular formula is C32H35F2N5O. The third-order valence-electron chi connectivity index (χ3n) is 9.68. The summed E-state index contributed by atoms with van der Waals surface area (Å²) in [5, 5.41) is 5.47. The van der Waals surface area contributed by atoms with Gasteiger partial charge < -0.3 is 10.1 Å². The highest BCUT2D eigenvalue weighted by Crippen LogP contribution is 2.42. The van der Waals surface area contributed by atoms with Crippen LogP contribution in [0.25, 0.3) is 32.9 Å². The van der Waals surface area contributed by atoms with Gasteiger partial charge >= 0.3 is 6.01 Å². The Hall–Kier alpha value is -3.39. The summed E-state index contributed by atoms with van der Waals surface area (Å²) in [5.74, 6) is -0.346. The summed E-state index contributed by atoms with van der Waals surface area (Å²) in [6.07, 6.45) is 9.69. The van der Waals surface area contributed by atoms with Crippen molar-refractivity contribution >= 4 is 27.5 Å². The van der Waals surface area contributed by atoms with Crippen LogP contribution < -0.4 is 10.1 Å². The van der Waals surface area contributed by atoms with E-state index in [4.69, 9.17) is 9.72 Å². The topological polar surface area (TPSA) is 63.2 Å². The molecule has 7 rings (SSSR count). The fraction of sp³-hybridized carbons (Fsp3) is 0.469. The quantitative estimate of drug-likeness (QED) is 0.270. The summed E-state index contributed by atoms with van der Waals surface area (Å²) in [6.45, 7) is 7.41. The van der Waals surface area contributed by atoms with Crippen LogP contribution in [0.3, 0.4) is 0 Å². The summed E-state index contributed by atoms with van der Waals surface area (Å²) in [4.78, 5) is 16.4. The lowest BCUT2D eigenvalue weighted by Crippen LogP contribution is -2.43. The molecule has 1 aliphatic carbocycles. The molecule has 0 unspecified atom stereocenters. The largest absolute Gasteiger partial charge is 0.461 e. The van der Waals surface area contributed by atoms with E-state index in [0.29, 0.717) is 34.3 Å². The first-order valence-corrected chi connectivity index (χ1v) is 14.5. The van der Waals surface area contributed by atoms with Gasteiger partial charge in [0.25, 0.3) is 0 Å². The van der Waals surface area contributed by atoms with Gasteiger partial charge in [0.05, 0.1) is 10.9 Å². The van der Waals surface area contributed by atoms with Crippen LogP contribution in [0.2, 0.25) is 0 Å². The number of pyridine rings is 1. The van der Waals surface area contributed by atoms with Crippen LogP contribution in [0.1, 0.15) is 57.4 Å². The number of fused-ring (bicyclic) bond motifs is 3. The van der Waals surface area contributed by atoms with Gasteiger partial charge in [0.1, 0.15) is 29.5 Å². The van der Waals surface area contributed by atoms with Gasteiger partial charge in [-0.25, -0.2) is 8.78 Å². The summed E-state index contributed by atoms with van der Waals surface area (Å²) in [5.41, 5.74) is 1.53. The van der Waals surface area contributed by atoms with Crippen molar-refractivity contribution < 1.29 is 13.5 Å². The average molecular weight is 544 g/mol. The fourth-order valence-electron chi connectivity index (χ4n) is 7.07. The second-order valence-corrected chi connectivity index (χ2v) is 12.3. The molecule has 8 heteroatoms. The Bertz CT molecular complexity index is 1610. The summed E-state index contributed by atoms with van der Waals surface area (Å²) < 4.78 is 37.3. The number of nitrogens with zero attached hydrogens (tertiary/aromatic N) is 4. The van der Waals surface area contributed by atoms with Crippen molar-refractivity contribution in [2.24, 2.45) is 5.41 Å². The van der Waals surface area contributed by atoms with Crippen LogP contribution in [-0.2, 0) is 0 Å². The predicted molar refractivity (Wildman–Crippen MR) is 154 cm³/mol. The number of aryl methyl sites for hydroxylation is 1. The molecule has 2 aliphatic heterocycles. The van der Waals surface area contributed by atoms with Crippen LogP contribution in [0.5, 0.6) is 6.01 Å².